The highest BCUT2D eigenvalue weighted by Crippen LogP contribution is 2.32. The number of hydrogen-bond donors (Lipinski definition) is 0. The van der Waals surface area contributed by atoms with Crippen molar-refractivity contribution in [2.75, 3.05) is 3.71 Å². The molecule has 0 aliphatic rings. The van der Waals surface area contributed by atoms with Crippen molar-refractivity contribution in [1.29, 1.82) is 0 Å². The van der Waals surface area contributed by atoms with E-state index in [-0.39, 0.29) is 15.6 Å². The zero-order valence-electron chi connectivity index (χ0n) is 18.2. The van der Waals surface area contributed by atoms with Gasteiger partial charge >= 0.3 is 0 Å². The number of aryl methyl sites for hydroxylation is 1. The molecule has 0 radical (unpaired) electrons. The fraction of sp³-hybridized carbons (Fsp3) is 0.0385. The second kappa shape index (κ2) is 8.23. The van der Waals surface area contributed by atoms with E-state index >= 15 is 0 Å². The van der Waals surface area contributed by atoms with E-state index in [2.05, 4.69) is 4.98 Å². The molecule has 8 heteroatoms. The van der Waals surface area contributed by atoms with Crippen LogP contribution in [0, 0.1) is 6.92 Å². The predicted octanol–water partition coefficient (Wildman–Crippen LogP) is 5.28. The molecular weight excluding hydrogens is 468 g/mol. The second-order valence-electron chi connectivity index (χ2n) is 7.86. The SMILES string of the molecule is Cc1cccc(N(S(=O)(=O)c2ccc3ccccc3c2)S(=O)(=O)c2ccc3ccccc3c2)n1. The summed E-state index contributed by atoms with van der Waals surface area (Å²) in [6.07, 6.45) is 0. The molecule has 0 spiro atoms. The van der Waals surface area contributed by atoms with Gasteiger partial charge in [-0.25, -0.2) is 4.98 Å². The second-order valence-corrected chi connectivity index (χ2v) is 11.7. The van der Waals surface area contributed by atoms with Crippen molar-refractivity contribution in [1.82, 2.24) is 4.98 Å². The predicted molar refractivity (Wildman–Crippen MR) is 134 cm³/mol. The van der Waals surface area contributed by atoms with Crippen LogP contribution < -0.4 is 3.71 Å². The molecule has 5 aromatic rings. The average Bonchev–Trinajstić information content (AvgIpc) is 2.83. The van der Waals surface area contributed by atoms with Gasteiger partial charge in [0.1, 0.15) is 0 Å². The lowest BCUT2D eigenvalue weighted by atomic mass is 10.1. The minimum absolute atomic E-state index is 0.140. The lowest BCUT2D eigenvalue weighted by Gasteiger charge is -2.23. The van der Waals surface area contributed by atoms with E-state index in [0.29, 0.717) is 20.2 Å². The Morgan fingerprint density at radius 3 is 1.50 bits per heavy atom. The van der Waals surface area contributed by atoms with Crippen molar-refractivity contribution in [2.24, 2.45) is 0 Å². The number of hydrogen-bond acceptors (Lipinski definition) is 5. The molecule has 0 aliphatic heterocycles. The fourth-order valence-electron chi connectivity index (χ4n) is 3.85. The molecule has 0 N–H and O–H groups in total. The number of fused-ring (bicyclic) bond motifs is 2. The van der Waals surface area contributed by atoms with E-state index < -0.39 is 20.0 Å². The molecular formula is C26H20N2O4S2. The van der Waals surface area contributed by atoms with Crippen LogP contribution in [-0.2, 0) is 20.0 Å². The topological polar surface area (TPSA) is 84.4 Å². The average molecular weight is 489 g/mol. The Bertz CT molecular complexity index is 1660. The normalized spacial score (nSPS) is 12.1. The molecule has 0 bridgehead atoms. The molecule has 1 aromatic heterocycles. The van der Waals surface area contributed by atoms with Crippen molar-refractivity contribution >= 4 is 47.4 Å². The maximum absolute atomic E-state index is 13.9. The summed E-state index contributed by atoms with van der Waals surface area (Å²) in [5, 5.41) is 3.06. The zero-order valence-corrected chi connectivity index (χ0v) is 19.8. The molecule has 4 aromatic carbocycles. The van der Waals surface area contributed by atoms with Gasteiger partial charge in [-0.15, -0.1) is 3.71 Å². The van der Waals surface area contributed by atoms with Gasteiger partial charge < -0.3 is 0 Å². The molecule has 0 amide bonds. The van der Waals surface area contributed by atoms with Crippen molar-refractivity contribution < 1.29 is 16.8 Å². The maximum atomic E-state index is 13.9. The number of rotatable bonds is 5. The Morgan fingerprint density at radius 2 is 1.03 bits per heavy atom. The number of anilines is 1. The van der Waals surface area contributed by atoms with Gasteiger partial charge in [0, 0.05) is 5.69 Å². The van der Waals surface area contributed by atoms with Crippen LogP contribution in [-0.4, -0.2) is 21.8 Å². The first-order valence-electron chi connectivity index (χ1n) is 10.5. The van der Waals surface area contributed by atoms with Crippen molar-refractivity contribution in [3.05, 3.63) is 109 Å². The first-order chi connectivity index (χ1) is 16.3. The molecule has 170 valence electrons. The Hall–Kier alpha value is -3.75. The molecule has 1 heterocycles. The summed E-state index contributed by atoms with van der Waals surface area (Å²) in [6.45, 7) is 1.67. The standard InChI is InChI=1S/C26H20N2O4S2/c1-19-7-6-12-26(27-19)28(33(29,30)24-15-13-20-8-2-4-10-22(20)17-24)34(31,32)25-16-14-21-9-3-5-11-23(21)18-25/h2-18H,1H3. The van der Waals surface area contributed by atoms with Gasteiger partial charge in [-0.1, -0.05) is 66.7 Å². The third-order valence-electron chi connectivity index (χ3n) is 5.53. The van der Waals surface area contributed by atoms with Crippen LogP contribution in [0.4, 0.5) is 5.82 Å². The number of aromatic nitrogens is 1. The van der Waals surface area contributed by atoms with Gasteiger partial charge in [0.25, 0.3) is 20.0 Å². The Morgan fingerprint density at radius 1 is 0.559 bits per heavy atom. The molecule has 0 aliphatic carbocycles. The molecule has 0 atom stereocenters. The molecule has 5 rings (SSSR count). The Balaban J connectivity index is 1.74. The van der Waals surface area contributed by atoms with Crippen LogP contribution in [0.25, 0.3) is 21.5 Å². The summed E-state index contributed by atoms with van der Waals surface area (Å²) < 4.78 is 55.9. The van der Waals surface area contributed by atoms with Gasteiger partial charge in [0.05, 0.1) is 9.79 Å². The molecule has 0 fully saturated rings. The van der Waals surface area contributed by atoms with Crippen LogP contribution in [0.3, 0.4) is 0 Å². The van der Waals surface area contributed by atoms with E-state index in [1.807, 2.05) is 24.3 Å². The van der Waals surface area contributed by atoms with Crippen LogP contribution in [0.5, 0.6) is 0 Å². The fourth-order valence-corrected chi connectivity index (χ4v) is 7.51. The third-order valence-corrected chi connectivity index (χ3v) is 9.66. The molecule has 0 unspecified atom stereocenters. The van der Waals surface area contributed by atoms with E-state index in [4.69, 9.17) is 0 Å². The largest absolute Gasteiger partial charge is 0.279 e. The molecule has 6 nitrogen and oxygen atoms in total. The number of nitrogens with zero attached hydrogens (tertiary/aromatic N) is 2. The van der Waals surface area contributed by atoms with Gasteiger partial charge in [0.2, 0.25) is 0 Å². The first kappa shape index (κ1) is 22.1. The summed E-state index contributed by atoms with van der Waals surface area (Å²) in [5.74, 6) is -0.193. The highest BCUT2D eigenvalue weighted by atomic mass is 32.3. The van der Waals surface area contributed by atoms with Crippen LogP contribution in [0.15, 0.2) is 113 Å². The van der Waals surface area contributed by atoms with Crippen molar-refractivity contribution in [3.63, 3.8) is 0 Å². The molecule has 0 saturated carbocycles. The van der Waals surface area contributed by atoms with Crippen LogP contribution in [0.2, 0.25) is 0 Å². The highest BCUT2D eigenvalue weighted by molar-refractivity contribution is 8.10. The van der Waals surface area contributed by atoms with Gasteiger partial charge in [-0.05, 0) is 64.9 Å². The summed E-state index contributed by atoms with van der Waals surface area (Å²) >= 11 is 0. The summed E-state index contributed by atoms with van der Waals surface area (Å²) in [5.41, 5.74) is 0.491. The monoisotopic (exact) mass is 488 g/mol. The van der Waals surface area contributed by atoms with Gasteiger partial charge in [-0.3, -0.25) is 0 Å². The highest BCUT2D eigenvalue weighted by Gasteiger charge is 2.38. The summed E-state index contributed by atoms with van der Waals surface area (Å²) in [4.78, 5) is 3.97. The van der Waals surface area contributed by atoms with E-state index in [9.17, 15) is 16.8 Å². The van der Waals surface area contributed by atoms with E-state index in [1.165, 1.54) is 30.3 Å². The third kappa shape index (κ3) is 3.81. The quantitative estimate of drug-likeness (QED) is 0.336. The van der Waals surface area contributed by atoms with E-state index in [0.717, 1.165) is 10.8 Å². The summed E-state index contributed by atoms with van der Waals surface area (Å²) in [6, 6.07) is 28.3. The van der Waals surface area contributed by atoms with Gasteiger partial charge in [0.15, 0.2) is 5.82 Å². The first-order valence-corrected chi connectivity index (χ1v) is 13.4. The smallest absolute Gasteiger partial charge is 0.234 e. The van der Waals surface area contributed by atoms with Crippen LogP contribution >= 0.6 is 0 Å². The number of benzene rings is 4. The van der Waals surface area contributed by atoms with Gasteiger partial charge in [-0.2, -0.15) is 16.8 Å². The maximum Gasteiger partial charge on any atom is 0.279 e. The minimum Gasteiger partial charge on any atom is -0.234 e. The zero-order chi connectivity index (χ0) is 23.9. The minimum atomic E-state index is -4.54. The van der Waals surface area contributed by atoms with Crippen molar-refractivity contribution in [2.45, 2.75) is 16.7 Å². The molecule has 34 heavy (non-hydrogen) atoms. The number of pyridine rings is 1. The Labute approximate surface area is 198 Å². The molecule has 0 saturated heterocycles. The number of sulfonamides is 2. The van der Waals surface area contributed by atoms with E-state index in [1.54, 1.807) is 55.5 Å². The Kier molecular flexibility index (Phi) is 5.34. The van der Waals surface area contributed by atoms with Crippen molar-refractivity contribution in [3.8, 4) is 0 Å². The lowest BCUT2D eigenvalue weighted by molar-refractivity contribution is 0.584. The summed E-state index contributed by atoms with van der Waals surface area (Å²) in [7, 11) is -9.08. The van der Waals surface area contributed by atoms with Crippen LogP contribution in [0.1, 0.15) is 5.69 Å². The lowest BCUT2D eigenvalue weighted by Crippen LogP contribution is -2.37.